The number of hydrogen-bond donors (Lipinski definition) is 2. The Hall–Kier alpha value is -3.07. The number of nitrogen functional groups attached to an aromatic ring is 1. The minimum absolute atomic E-state index is 0.00440. The van der Waals surface area contributed by atoms with Gasteiger partial charge < -0.3 is 30.0 Å². The Bertz CT molecular complexity index is 1150. The summed E-state index contributed by atoms with van der Waals surface area (Å²) in [5, 5.41) is 3.95. The second kappa shape index (κ2) is 10.5. The van der Waals surface area contributed by atoms with Gasteiger partial charge in [-0.05, 0) is 39.3 Å². The van der Waals surface area contributed by atoms with Crippen LogP contribution >= 0.6 is 0 Å². The molecule has 0 atom stereocenters. The standard InChI is InChI=1S/C25H36N6O3/c1-5-11-31-21(15-33-6-2)29-22-23(31)19-8-7-18(14-20(19)28-24(22)26)34-17-9-12-30(13-10-17)25(32)27-16(3)4/h7-8,14,16-17H,5-6,9-13,15H2,1-4H3,(H2,26,28)(H,27,32). The molecule has 1 saturated heterocycles. The smallest absolute Gasteiger partial charge is 0.317 e. The monoisotopic (exact) mass is 468 g/mol. The molecule has 9 heteroatoms. The first kappa shape index (κ1) is 24.1. The van der Waals surface area contributed by atoms with Crippen LogP contribution in [0, 0.1) is 0 Å². The van der Waals surface area contributed by atoms with E-state index in [0.717, 1.165) is 59.3 Å². The molecule has 1 fully saturated rings. The number of hydrogen-bond acceptors (Lipinski definition) is 6. The van der Waals surface area contributed by atoms with Crippen molar-refractivity contribution < 1.29 is 14.3 Å². The largest absolute Gasteiger partial charge is 0.490 e. The number of aromatic nitrogens is 3. The van der Waals surface area contributed by atoms with Crippen LogP contribution in [-0.4, -0.2) is 57.3 Å². The summed E-state index contributed by atoms with van der Waals surface area (Å²) in [6.45, 7) is 11.3. The second-order valence-corrected chi connectivity index (χ2v) is 9.10. The van der Waals surface area contributed by atoms with Gasteiger partial charge in [0.2, 0.25) is 0 Å². The highest BCUT2D eigenvalue weighted by atomic mass is 16.5. The van der Waals surface area contributed by atoms with Crippen LogP contribution in [0.5, 0.6) is 5.75 Å². The van der Waals surface area contributed by atoms with Crippen molar-refractivity contribution in [2.45, 2.75) is 72.3 Å². The third-order valence-electron chi connectivity index (χ3n) is 6.08. The maximum atomic E-state index is 12.2. The van der Waals surface area contributed by atoms with Crippen LogP contribution in [0.1, 0.15) is 52.8 Å². The van der Waals surface area contributed by atoms with E-state index in [0.29, 0.717) is 32.1 Å². The van der Waals surface area contributed by atoms with Gasteiger partial charge in [-0.15, -0.1) is 0 Å². The number of fused-ring (bicyclic) bond motifs is 3. The van der Waals surface area contributed by atoms with Crippen molar-refractivity contribution in [2.24, 2.45) is 0 Å². The van der Waals surface area contributed by atoms with E-state index in [9.17, 15) is 4.79 Å². The van der Waals surface area contributed by atoms with E-state index in [1.54, 1.807) is 0 Å². The van der Waals surface area contributed by atoms with E-state index >= 15 is 0 Å². The molecule has 4 rings (SSSR count). The molecular formula is C25H36N6O3. The lowest BCUT2D eigenvalue weighted by Gasteiger charge is -2.32. The van der Waals surface area contributed by atoms with E-state index in [4.69, 9.17) is 20.2 Å². The fourth-order valence-corrected chi connectivity index (χ4v) is 4.49. The number of imidazole rings is 1. The van der Waals surface area contributed by atoms with Gasteiger partial charge >= 0.3 is 6.03 Å². The normalized spacial score (nSPS) is 14.9. The Morgan fingerprint density at radius 3 is 2.68 bits per heavy atom. The predicted molar refractivity (Wildman–Crippen MR) is 134 cm³/mol. The maximum Gasteiger partial charge on any atom is 0.317 e. The zero-order chi connectivity index (χ0) is 24.2. The van der Waals surface area contributed by atoms with Gasteiger partial charge in [0.15, 0.2) is 5.82 Å². The number of benzene rings is 1. The molecule has 0 unspecified atom stereocenters. The molecule has 2 aromatic heterocycles. The number of aryl methyl sites for hydroxylation is 1. The molecule has 184 valence electrons. The van der Waals surface area contributed by atoms with E-state index in [1.807, 2.05) is 43.9 Å². The van der Waals surface area contributed by atoms with Crippen molar-refractivity contribution >= 4 is 33.8 Å². The summed E-state index contributed by atoms with van der Waals surface area (Å²) in [6, 6.07) is 6.12. The van der Waals surface area contributed by atoms with Crippen molar-refractivity contribution in [1.82, 2.24) is 24.8 Å². The number of ether oxygens (including phenoxy) is 2. The number of amides is 2. The molecule has 2 amide bonds. The molecule has 3 N–H and O–H groups in total. The number of piperidine rings is 1. The topological polar surface area (TPSA) is 108 Å². The number of urea groups is 1. The fraction of sp³-hybridized carbons (Fsp3) is 0.560. The van der Waals surface area contributed by atoms with Crippen LogP contribution in [0.25, 0.3) is 21.9 Å². The highest BCUT2D eigenvalue weighted by molar-refractivity contribution is 6.06. The molecular weight excluding hydrogens is 432 g/mol. The minimum atomic E-state index is -0.00440. The first-order valence-electron chi connectivity index (χ1n) is 12.3. The summed E-state index contributed by atoms with van der Waals surface area (Å²) < 4.78 is 14.1. The number of carbonyl (C=O) groups excluding carboxylic acids is 1. The minimum Gasteiger partial charge on any atom is -0.490 e. The number of anilines is 1. The molecule has 0 bridgehead atoms. The van der Waals surface area contributed by atoms with Gasteiger partial charge in [-0.1, -0.05) is 6.92 Å². The fourth-order valence-electron chi connectivity index (χ4n) is 4.49. The number of nitrogens with one attached hydrogen (secondary N) is 1. The summed E-state index contributed by atoms with van der Waals surface area (Å²) >= 11 is 0. The molecule has 34 heavy (non-hydrogen) atoms. The Morgan fingerprint density at radius 2 is 2.00 bits per heavy atom. The zero-order valence-corrected chi connectivity index (χ0v) is 20.6. The quantitative estimate of drug-likeness (QED) is 0.516. The molecule has 3 aromatic rings. The van der Waals surface area contributed by atoms with E-state index in [1.165, 1.54) is 0 Å². The van der Waals surface area contributed by atoms with Crippen LogP contribution in [-0.2, 0) is 17.9 Å². The van der Waals surface area contributed by atoms with Crippen molar-refractivity contribution in [3.05, 3.63) is 24.0 Å². The van der Waals surface area contributed by atoms with Crippen molar-refractivity contribution in [3.8, 4) is 5.75 Å². The van der Waals surface area contributed by atoms with Crippen LogP contribution < -0.4 is 15.8 Å². The van der Waals surface area contributed by atoms with Crippen molar-refractivity contribution in [1.29, 1.82) is 0 Å². The molecule has 1 aliphatic rings. The number of carbonyl (C=O) groups is 1. The van der Waals surface area contributed by atoms with E-state index < -0.39 is 0 Å². The van der Waals surface area contributed by atoms with Gasteiger partial charge in [0.1, 0.15) is 29.8 Å². The average Bonchev–Trinajstić information content (AvgIpc) is 3.17. The van der Waals surface area contributed by atoms with Gasteiger partial charge in [0.25, 0.3) is 0 Å². The summed E-state index contributed by atoms with van der Waals surface area (Å²) in [7, 11) is 0. The Morgan fingerprint density at radius 1 is 1.24 bits per heavy atom. The number of rotatable bonds is 8. The molecule has 9 nitrogen and oxygen atoms in total. The first-order valence-corrected chi connectivity index (χ1v) is 12.3. The predicted octanol–water partition coefficient (Wildman–Crippen LogP) is 4.07. The summed E-state index contributed by atoms with van der Waals surface area (Å²) in [5.41, 5.74) is 8.83. The molecule has 1 aromatic carbocycles. The zero-order valence-electron chi connectivity index (χ0n) is 20.6. The Balaban J connectivity index is 1.56. The Kier molecular flexibility index (Phi) is 7.41. The van der Waals surface area contributed by atoms with Gasteiger partial charge in [-0.2, -0.15) is 0 Å². The first-order chi connectivity index (χ1) is 16.4. The van der Waals surface area contributed by atoms with Crippen LogP contribution in [0.4, 0.5) is 10.6 Å². The third kappa shape index (κ3) is 5.04. The highest BCUT2D eigenvalue weighted by Gasteiger charge is 2.24. The number of nitrogens with two attached hydrogens (primary N) is 1. The van der Waals surface area contributed by atoms with E-state index in [-0.39, 0.29) is 18.2 Å². The summed E-state index contributed by atoms with van der Waals surface area (Å²) in [5.74, 6) is 2.05. The SMILES string of the molecule is CCCn1c(COCC)nc2c(N)nc3cc(OC4CCN(C(=O)NC(C)C)CC4)ccc3c21. The third-order valence-corrected chi connectivity index (χ3v) is 6.08. The van der Waals surface area contributed by atoms with Gasteiger partial charge in [-0.3, -0.25) is 0 Å². The van der Waals surface area contributed by atoms with Crippen LogP contribution in [0.2, 0.25) is 0 Å². The second-order valence-electron chi connectivity index (χ2n) is 9.10. The van der Waals surface area contributed by atoms with Gasteiger partial charge in [0, 0.05) is 56.6 Å². The van der Waals surface area contributed by atoms with Crippen molar-refractivity contribution in [2.75, 3.05) is 25.4 Å². The molecule has 3 heterocycles. The maximum absolute atomic E-state index is 12.2. The molecule has 0 spiro atoms. The highest BCUT2D eigenvalue weighted by Crippen LogP contribution is 2.32. The van der Waals surface area contributed by atoms with Crippen LogP contribution in [0.15, 0.2) is 18.2 Å². The molecule has 0 saturated carbocycles. The number of nitrogens with zero attached hydrogens (tertiary/aromatic N) is 4. The lowest BCUT2D eigenvalue weighted by molar-refractivity contribution is 0.110. The van der Waals surface area contributed by atoms with Gasteiger partial charge in [0.05, 0.1) is 11.0 Å². The lowest BCUT2D eigenvalue weighted by atomic mass is 10.1. The van der Waals surface area contributed by atoms with Gasteiger partial charge in [-0.25, -0.2) is 14.8 Å². The van der Waals surface area contributed by atoms with Crippen LogP contribution in [0.3, 0.4) is 0 Å². The number of likely N-dealkylation sites (tertiary alicyclic amines) is 1. The lowest BCUT2D eigenvalue weighted by Crippen LogP contribution is -2.48. The molecule has 0 radical (unpaired) electrons. The van der Waals surface area contributed by atoms with Crippen molar-refractivity contribution in [3.63, 3.8) is 0 Å². The Labute approximate surface area is 200 Å². The molecule has 1 aliphatic heterocycles. The summed E-state index contributed by atoms with van der Waals surface area (Å²) in [4.78, 5) is 23.5. The number of pyridine rings is 1. The summed E-state index contributed by atoms with van der Waals surface area (Å²) in [6.07, 6.45) is 2.62. The van der Waals surface area contributed by atoms with E-state index in [2.05, 4.69) is 21.8 Å². The molecule has 0 aliphatic carbocycles. The average molecular weight is 469 g/mol.